The van der Waals surface area contributed by atoms with E-state index in [0.717, 1.165) is 49.4 Å². The second-order valence-corrected chi connectivity index (χ2v) is 9.16. The molecule has 0 N–H and O–H groups in total. The van der Waals surface area contributed by atoms with Crippen LogP contribution in [-0.4, -0.2) is 30.9 Å². The van der Waals surface area contributed by atoms with Crippen LogP contribution in [0.2, 0.25) is 0 Å². The van der Waals surface area contributed by atoms with Gasteiger partial charge < -0.3 is 9.47 Å². The number of ether oxygens (including phenoxy) is 2. The van der Waals surface area contributed by atoms with Gasteiger partial charge in [-0.15, -0.1) is 11.8 Å². The number of thioether (sulfide) groups is 1. The van der Waals surface area contributed by atoms with Crippen LogP contribution >= 0.6 is 11.8 Å². The molecule has 0 radical (unpaired) electrons. The molecule has 0 bridgehead atoms. The minimum atomic E-state index is 0.332. The lowest BCUT2D eigenvalue weighted by Gasteiger charge is -2.33. The molecule has 3 heterocycles. The molecule has 30 heavy (non-hydrogen) atoms. The van der Waals surface area contributed by atoms with E-state index < -0.39 is 0 Å². The number of rotatable bonds is 5. The number of benzene rings is 2. The van der Waals surface area contributed by atoms with Crippen molar-refractivity contribution >= 4 is 17.8 Å². The van der Waals surface area contributed by atoms with Crippen molar-refractivity contribution in [2.75, 3.05) is 19.9 Å². The van der Waals surface area contributed by atoms with Gasteiger partial charge in [0.15, 0.2) is 5.75 Å². The summed E-state index contributed by atoms with van der Waals surface area (Å²) in [5.74, 6) is 1.89. The molecule has 3 aliphatic heterocycles. The predicted octanol–water partition coefficient (Wildman–Crippen LogP) is 4.02. The zero-order valence-electron chi connectivity index (χ0n) is 17.3. The first-order valence-corrected chi connectivity index (χ1v) is 11.9. The lowest BCUT2D eigenvalue weighted by Crippen LogP contribution is -2.43. The Morgan fingerprint density at radius 2 is 2.10 bits per heavy atom. The second-order valence-electron chi connectivity index (χ2n) is 8.12. The van der Waals surface area contributed by atoms with E-state index in [1.165, 1.54) is 34.1 Å². The molecule has 156 valence electrons. The van der Waals surface area contributed by atoms with Crippen molar-refractivity contribution in [3.05, 3.63) is 70.4 Å². The molecule has 0 amide bonds. The molecule has 0 aromatic heterocycles. The highest BCUT2D eigenvalue weighted by Gasteiger charge is 2.24. The van der Waals surface area contributed by atoms with Gasteiger partial charge in [-0.25, -0.2) is 0 Å². The zero-order valence-corrected chi connectivity index (χ0v) is 18.1. The van der Waals surface area contributed by atoms with Gasteiger partial charge in [0.05, 0.1) is 6.10 Å². The number of nitrogens with zero attached hydrogens (tertiary/aromatic N) is 2. The summed E-state index contributed by atoms with van der Waals surface area (Å²) in [6, 6.07) is 12.9. The van der Waals surface area contributed by atoms with E-state index in [-0.39, 0.29) is 0 Å². The van der Waals surface area contributed by atoms with E-state index in [1.807, 2.05) is 18.0 Å². The molecular weight excluding hydrogens is 392 g/mol. The van der Waals surface area contributed by atoms with Gasteiger partial charge in [-0.2, -0.15) is 0 Å². The largest absolute Gasteiger partial charge is 0.475 e. The quantitative estimate of drug-likeness (QED) is 0.685. The minimum absolute atomic E-state index is 0.332. The molecule has 5 heteroatoms. The van der Waals surface area contributed by atoms with Gasteiger partial charge in [-0.05, 0) is 49.4 Å². The zero-order chi connectivity index (χ0) is 20.2. The van der Waals surface area contributed by atoms with Crippen LogP contribution in [0.3, 0.4) is 0 Å². The molecule has 1 fully saturated rings. The maximum atomic E-state index is 6.27. The maximum Gasteiger partial charge on any atom is 0.152 e. The smallest absolute Gasteiger partial charge is 0.152 e. The summed E-state index contributed by atoms with van der Waals surface area (Å²) in [5.41, 5.74) is 2.58. The SMILES string of the molecule is C1=CN=c2c3c(cc(CSc4ccccc4)c2=CC1)CN(CC1CCCCO1)CO3. The third-order valence-electron chi connectivity index (χ3n) is 5.88. The van der Waals surface area contributed by atoms with Crippen LogP contribution < -0.4 is 15.3 Å². The fraction of sp³-hybridized carbons (Fsp3) is 0.400. The van der Waals surface area contributed by atoms with Crippen LogP contribution in [0.25, 0.3) is 6.08 Å². The Morgan fingerprint density at radius 1 is 1.17 bits per heavy atom. The first-order chi connectivity index (χ1) is 14.9. The van der Waals surface area contributed by atoms with Crippen LogP contribution in [0.4, 0.5) is 0 Å². The summed E-state index contributed by atoms with van der Waals surface area (Å²) in [7, 11) is 0. The van der Waals surface area contributed by atoms with Crippen molar-refractivity contribution in [2.24, 2.45) is 4.99 Å². The Hall–Kier alpha value is -2.08. The molecule has 0 saturated carbocycles. The Labute approximate surface area is 182 Å². The van der Waals surface area contributed by atoms with Gasteiger partial charge in [0, 0.05) is 47.3 Å². The van der Waals surface area contributed by atoms with Crippen molar-refractivity contribution < 1.29 is 9.47 Å². The summed E-state index contributed by atoms with van der Waals surface area (Å²) in [4.78, 5) is 8.43. The summed E-state index contributed by atoms with van der Waals surface area (Å²) in [5, 5.41) is 2.23. The van der Waals surface area contributed by atoms with Crippen molar-refractivity contribution in [2.45, 2.75) is 49.0 Å². The molecule has 2 aromatic carbocycles. The Kier molecular flexibility index (Phi) is 6.21. The Bertz CT molecular complexity index is 1030. The molecule has 0 aliphatic carbocycles. The van der Waals surface area contributed by atoms with Crippen LogP contribution in [0, 0.1) is 0 Å². The van der Waals surface area contributed by atoms with E-state index in [9.17, 15) is 0 Å². The monoisotopic (exact) mass is 420 g/mol. The summed E-state index contributed by atoms with van der Waals surface area (Å²) >= 11 is 1.88. The highest BCUT2D eigenvalue weighted by molar-refractivity contribution is 7.98. The van der Waals surface area contributed by atoms with E-state index in [1.54, 1.807) is 0 Å². The van der Waals surface area contributed by atoms with Gasteiger partial charge in [0.1, 0.15) is 12.1 Å². The van der Waals surface area contributed by atoms with Crippen molar-refractivity contribution in [3.63, 3.8) is 0 Å². The molecule has 4 nitrogen and oxygen atoms in total. The number of allylic oxidation sites excluding steroid dienone is 1. The highest BCUT2D eigenvalue weighted by atomic mass is 32.2. The average Bonchev–Trinajstić information content (AvgIpc) is 3.05. The fourth-order valence-electron chi connectivity index (χ4n) is 4.38. The van der Waals surface area contributed by atoms with Crippen LogP contribution in [0.5, 0.6) is 5.75 Å². The number of hydrogen-bond donors (Lipinski definition) is 0. The normalized spacial score (nSPS) is 20.9. The maximum absolute atomic E-state index is 6.27. The molecule has 5 rings (SSSR count). The lowest BCUT2D eigenvalue weighted by molar-refractivity contribution is -0.0259. The van der Waals surface area contributed by atoms with Crippen LogP contribution in [0.15, 0.2) is 58.6 Å². The summed E-state index contributed by atoms with van der Waals surface area (Å²) in [6.07, 6.45) is 11.2. The Balaban J connectivity index is 1.43. The van der Waals surface area contributed by atoms with Gasteiger partial charge in [0.2, 0.25) is 0 Å². The van der Waals surface area contributed by atoms with Crippen LogP contribution in [0.1, 0.15) is 36.8 Å². The predicted molar refractivity (Wildman–Crippen MR) is 121 cm³/mol. The second kappa shape index (κ2) is 9.38. The van der Waals surface area contributed by atoms with E-state index in [0.29, 0.717) is 12.8 Å². The Morgan fingerprint density at radius 3 is 2.97 bits per heavy atom. The first-order valence-electron chi connectivity index (χ1n) is 10.9. The van der Waals surface area contributed by atoms with Crippen molar-refractivity contribution in [1.29, 1.82) is 0 Å². The molecular formula is C25H28N2O2S. The number of hydrogen-bond acceptors (Lipinski definition) is 5. The molecule has 3 aliphatic rings. The van der Waals surface area contributed by atoms with Gasteiger partial charge in [0.25, 0.3) is 0 Å². The molecule has 1 atom stereocenters. The standard InChI is InChI=1S/C25H28N2O2S/c1-2-9-22(10-3-1)30-17-20-14-19-15-27(16-21-8-5-7-13-28-21)18-29-25(19)24-23(20)11-4-6-12-26-24/h1-3,6,9-12,14,21H,4-5,7-8,13,15-18H2. The lowest BCUT2D eigenvalue weighted by atomic mass is 10.0. The van der Waals surface area contributed by atoms with Crippen LogP contribution in [-0.2, 0) is 17.0 Å². The summed E-state index contributed by atoms with van der Waals surface area (Å²) < 4.78 is 12.2. The third kappa shape index (κ3) is 4.48. The van der Waals surface area contributed by atoms with Gasteiger partial charge >= 0.3 is 0 Å². The molecule has 2 aromatic rings. The third-order valence-corrected chi connectivity index (χ3v) is 6.94. The average molecular weight is 421 g/mol. The summed E-state index contributed by atoms with van der Waals surface area (Å²) in [6.45, 7) is 3.33. The fourth-order valence-corrected chi connectivity index (χ4v) is 5.30. The first kappa shape index (κ1) is 19.9. The molecule has 0 spiro atoms. The van der Waals surface area contributed by atoms with E-state index >= 15 is 0 Å². The van der Waals surface area contributed by atoms with Gasteiger partial charge in [-0.1, -0.05) is 30.4 Å². The van der Waals surface area contributed by atoms with E-state index in [2.05, 4.69) is 53.5 Å². The molecule has 1 saturated heterocycles. The van der Waals surface area contributed by atoms with Crippen molar-refractivity contribution in [1.82, 2.24) is 4.90 Å². The van der Waals surface area contributed by atoms with E-state index in [4.69, 9.17) is 14.5 Å². The topological polar surface area (TPSA) is 34.1 Å². The molecule has 1 unspecified atom stereocenters. The highest BCUT2D eigenvalue weighted by Crippen LogP contribution is 2.26. The minimum Gasteiger partial charge on any atom is -0.475 e. The van der Waals surface area contributed by atoms with Gasteiger partial charge in [-0.3, -0.25) is 9.89 Å². The van der Waals surface area contributed by atoms with Crippen molar-refractivity contribution in [3.8, 4) is 5.75 Å². The number of fused-ring (bicyclic) bond motifs is 3.